The van der Waals surface area contributed by atoms with Gasteiger partial charge < -0.3 is 4.42 Å². The molecule has 0 saturated carbocycles. The summed E-state index contributed by atoms with van der Waals surface area (Å²) in [6.45, 7) is 0. The Morgan fingerprint density at radius 3 is 2.14 bits per heavy atom. The normalized spacial score (nSPS) is 11.8. The molecule has 0 atom stereocenters. The number of hydrogen-bond acceptors (Lipinski definition) is 6. The quantitative estimate of drug-likeness (QED) is 0.217. The van der Waals surface area contributed by atoms with Crippen LogP contribution in [0.3, 0.4) is 0 Å². The lowest BCUT2D eigenvalue weighted by Gasteiger charge is -2.10. The zero-order valence-corrected chi connectivity index (χ0v) is 23.0. The highest BCUT2D eigenvalue weighted by Crippen LogP contribution is 2.41. The zero-order valence-electron chi connectivity index (χ0n) is 22.2. The van der Waals surface area contributed by atoms with E-state index >= 15 is 0 Å². The molecule has 0 saturated heterocycles. The maximum Gasteiger partial charge on any atom is 0.164 e. The van der Waals surface area contributed by atoms with Crippen LogP contribution < -0.4 is 0 Å². The first kappa shape index (κ1) is 23.3. The first-order chi connectivity index (χ1) is 20.8. The first-order valence-corrected chi connectivity index (χ1v) is 14.5. The van der Waals surface area contributed by atoms with E-state index in [1.54, 1.807) is 17.5 Å². The van der Waals surface area contributed by atoms with Gasteiger partial charge in [0.1, 0.15) is 11.2 Å². The molecule has 0 unspecified atom stereocenters. The Morgan fingerprint density at radius 2 is 1.26 bits per heavy atom. The minimum Gasteiger partial charge on any atom is -0.456 e. The molecule has 0 aliphatic carbocycles. The van der Waals surface area contributed by atoms with Crippen LogP contribution in [0.1, 0.15) is 0 Å². The van der Waals surface area contributed by atoms with Crippen LogP contribution >= 0.6 is 11.3 Å². The molecule has 0 amide bonds. The summed E-state index contributed by atoms with van der Waals surface area (Å²) in [4.78, 5) is 19.8. The summed E-state index contributed by atoms with van der Waals surface area (Å²) in [5.74, 6) is 1.88. The van der Waals surface area contributed by atoms with Crippen LogP contribution in [-0.4, -0.2) is 19.9 Å². The highest BCUT2D eigenvalue weighted by Gasteiger charge is 2.20. The van der Waals surface area contributed by atoms with Crippen LogP contribution in [0.15, 0.2) is 126 Å². The van der Waals surface area contributed by atoms with Crippen molar-refractivity contribution >= 4 is 64.4 Å². The Bertz CT molecular complexity index is 2480. The van der Waals surface area contributed by atoms with Gasteiger partial charge in [-0.05, 0) is 30.3 Å². The number of pyridine rings is 1. The fourth-order valence-corrected chi connectivity index (χ4v) is 7.01. The average Bonchev–Trinajstić information content (AvgIpc) is 3.61. The Morgan fingerprint density at radius 1 is 0.524 bits per heavy atom. The Hall–Kier alpha value is -5.46. The second-order valence-corrected chi connectivity index (χ2v) is 11.4. The molecule has 6 heteroatoms. The molecule has 0 bridgehead atoms. The van der Waals surface area contributed by atoms with Gasteiger partial charge in [-0.2, -0.15) is 0 Å². The zero-order chi connectivity index (χ0) is 27.6. The van der Waals surface area contributed by atoms with E-state index in [0.717, 1.165) is 49.5 Å². The highest BCUT2D eigenvalue weighted by atomic mass is 32.1. The van der Waals surface area contributed by atoms with Crippen molar-refractivity contribution < 1.29 is 4.42 Å². The molecule has 0 N–H and O–H groups in total. The van der Waals surface area contributed by atoms with E-state index in [2.05, 4.69) is 65.6 Å². The second kappa shape index (κ2) is 9.03. The van der Waals surface area contributed by atoms with Crippen molar-refractivity contribution in [1.82, 2.24) is 19.9 Å². The largest absolute Gasteiger partial charge is 0.456 e. The number of rotatable bonds is 3. The smallest absolute Gasteiger partial charge is 0.164 e. The van der Waals surface area contributed by atoms with E-state index in [1.807, 2.05) is 54.6 Å². The molecule has 0 aliphatic heterocycles. The van der Waals surface area contributed by atoms with Gasteiger partial charge in [0, 0.05) is 65.3 Å². The highest BCUT2D eigenvalue weighted by molar-refractivity contribution is 7.25. The molecular weight excluding hydrogens is 536 g/mol. The third kappa shape index (κ3) is 3.56. The Kier molecular flexibility index (Phi) is 5.00. The minimum absolute atomic E-state index is 0.606. The number of aromatic nitrogens is 4. The summed E-state index contributed by atoms with van der Waals surface area (Å²) in [5.41, 5.74) is 5.30. The molecule has 42 heavy (non-hydrogen) atoms. The van der Waals surface area contributed by atoms with Crippen LogP contribution in [0.5, 0.6) is 0 Å². The summed E-state index contributed by atoms with van der Waals surface area (Å²) in [6, 6.07) is 39.2. The maximum atomic E-state index is 6.34. The molecule has 9 rings (SSSR count). The van der Waals surface area contributed by atoms with Gasteiger partial charge in [-0.15, -0.1) is 11.3 Å². The first-order valence-electron chi connectivity index (χ1n) is 13.7. The van der Waals surface area contributed by atoms with Crippen molar-refractivity contribution in [2.45, 2.75) is 0 Å². The summed E-state index contributed by atoms with van der Waals surface area (Å²) >= 11 is 1.79. The topological polar surface area (TPSA) is 64.7 Å². The fourth-order valence-electron chi connectivity index (χ4n) is 5.87. The summed E-state index contributed by atoms with van der Waals surface area (Å²) in [7, 11) is 0. The minimum atomic E-state index is 0.606. The van der Waals surface area contributed by atoms with Gasteiger partial charge in [0.25, 0.3) is 0 Å². The van der Waals surface area contributed by atoms with Crippen molar-refractivity contribution in [2.75, 3.05) is 0 Å². The molecule has 9 aromatic rings. The van der Waals surface area contributed by atoms with Gasteiger partial charge in [-0.3, -0.25) is 4.98 Å². The van der Waals surface area contributed by atoms with E-state index in [9.17, 15) is 0 Å². The molecule has 0 fully saturated rings. The number of furan rings is 1. The van der Waals surface area contributed by atoms with Crippen molar-refractivity contribution in [1.29, 1.82) is 0 Å². The lowest BCUT2D eigenvalue weighted by atomic mass is 10.0. The predicted molar refractivity (Wildman–Crippen MR) is 172 cm³/mol. The van der Waals surface area contributed by atoms with Crippen molar-refractivity contribution in [3.8, 4) is 34.2 Å². The molecule has 4 heterocycles. The molecule has 5 nitrogen and oxygen atoms in total. The van der Waals surface area contributed by atoms with Crippen molar-refractivity contribution in [2.24, 2.45) is 0 Å². The standard InChI is InChI=1S/C36H20N4OS/c1-2-9-21(10-3-1)34-38-35(40-36(39-34)25-14-7-17-31-33(25)23-12-4-5-16-30(23)42-31)24-13-6-15-28-32(24)26-19-22-11-8-18-37-27(22)20-29(26)41-28/h1-20H. The van der Waals surface area contributed by atoms with E-state index < -0.39 is 0 Å². The SMILES string of the molecule is c1ccc(-c2nc(-c3cccc4oc5cc6ncccc6cc5c34)nc(-c3cccc4sc5ccccc5c34)n2)cc1. The Labute approximate surface area is 243 Å². The van der Waals surface area contributed by atoms with Gasteiger partial charge in [0.2, 0.25) is 0 Å². The lowest BCUT2D eigenvalue weighted by molar-refractivity contribution is 0.669. The second-order valence-electron chi connectivity index (χ2n) is 10.3. The van der Waals surface area contributed by atoms with Crippen LogP contribution in [0, 0.1) is 0 Å². The van der Waals surface area contributed by atoms with Gasteiger partial charge in [0.15, 0.2) is 17.5 Å². The summed E-state index contributed by atoms with van der Waals surface area (Å²) in [5, 5.41) is 5.42. The third-order valence-corrected chi connectivity index (χ3v) is 8.91. The molecule has 5 aromatic carbocycles. The molecule has 0 radical (unpaired) electrons. The van der Waals surface area contributed by atoms with Crippen molar-refractivity contribution in [3.63, 3.8) is 0 Å². The maximum absolute atomic E-state index is 6.34. The number of benzene rings is 5. The number of thiophene rings is 1. The molecule has 0 aliphatic rings. The summed E-state index contributed by atoms with van der Waals surface area (Å²) in [6.07, 6.45) is 1.80. The number of hydrogen-bond donors (Lipinski definition) is 0. The molecular formula is C36H20N4OS. The average molecular weight is 557 g/mol. The van der Waals surface area contributed by atoms with E-state index in [0.29, 0.717) is 17.5 Å². The van der Waals surface area contributed by atoms with Crippen LogP contribution in [0.4, 0.5) is 0 Å². The molecule has 4 aromatic heterocycles. The van der Waals surface area contributed by atoms with Gasteiger partial charge in [-0.25, -0.2) is 15.0 Å². The lowest BCUT2D eigenvalue weighted by Crippen LogP contribution is -2.00. The van der Waals surface area contributed by atoms with Crippen molar-refractivity contribution in [3.05, 3.63) is 121 Å². The van der Waals surface area contributed by atoms with E-state index in [-0.39, 0.29) is 0 Å². The Balaban J connectivity index is 1.36. The third-order valence-electron chi connectivity index (χ3n) is 7.77. The van der Waals surface area contributed by atoms with Crippen LogP contribution in [-0.2, 0) is 0 Å². The molecule has 196 valence electrons. The number of nitrogens with zero attached hydrogens (tertiary/aromatic N) is 4. The number of fused-ring (bicyclic) bond motifs is 7. The van der Waals surface area contributed by atoms with E-state index in [1.165, 1.54) is 20.2 Å². The van der Waals surface area contributed by atoms with Crippen LogP contribution in [0.25, 0.3) is 87.2 Å². The summed E-state index contributed by atoms with van der Waals surface area (Å²) < 4.78 is 8.79. The van der Waals surface area contributed by atoms with Gasteiger partial charge >= 0.3 is 0 Å². The fraction of sp³-hybridized carbons (Fsp3) is 0. The van der Waals surface area contributed by atoms with E-state index in [4.69, 9.17) is 19.4 Å². The molecule has 0 spiro atoms. The van der Waals surface area contributed by atoms with Gasteiger partial charge in [0.05, 0.1) is 5.52 Å². The monoisotopic (exact) mass is 556 g/mol. The van der Waals surface area contributed by atoms with Gasteiger partial charge in [-0.1, -0.05) is 78.9 Å². The predicted octanol–water partition coefficient (Wildman–Crippen LogP) is 9.69. The van der Waals surface area contributed by atoms with Crippen LogP contribution in [0.2, 0.25) is 0 Å².